The van der Waals surface area contributed by atoms with Crippen molar-refractivity contribution in [3.63, 3.8) is 0 Å². The van der Waals surface area contributed by atoms with Crippen molar-refractivity contribution in [1.29, 1.82) is 0 Å². The lowest BCUT2D eigenvalue weighted by Gasteiger charge is -2.27. The summed E-state index contributed by atoms with van der Waals surface area (Å²) in [5, 5.41) is 5.82. The lowest BCUT2D eigenvalue weighted by atomic mass is 10.2. The van der Waals surface area contributed by atoms with Crippen LogP contribution < -0.4 is 10.6 Å². The van der Waals surface area contributed by atoms with Crippen molar-refractivity contribution < 1.29 is 9.59 Å². The maximum atomic E-state index is 12.0. The average Bonchev–Trinajstić information content (AvgIpc) is 2.45. The maximum Gasteiger partial charge on any atom is 0.252 e. The molecule has 1 aliphatic rings. The van der Waals surface area contributed by atoms with E-state index in [-0.39, 0.29) is 18.4 Å². The van der Waals surface area contributed by atoms with Crippen LogP contribution in [0.3, 0.4) is 0 Å². The Hall–Kier alpha value is -1.05. The number of nitrogens with one attached hydrogen (secondary N) is 2. The van der Waals surface area contributed by atoms with Crippen LogP contribution in [0.2, 0.25) is 0 Å². The SMILES string of the molecule is O=C(NCC(=O)N1CCNCC1)c1ccc(Br)cc1S. The fourth-order valence-electron chi connectivity index (χ4n) is 1.97. The lowest BCUT2D eigenvalue weighted by Crippen LogP contribution is -2.49. The van der Waals surface area contributed by atoms with Gasteiger partial charge in [0.1, 0.15) is 0 Å². The minimum atomic E-state index is -0.286. The van der Waals surface area contributed by atoms with Crippen molar-refractivity contribution in [2.75, 3.05) is 32.7 Å². The van der Waals surface area contributed by atoms with Gasteiger partial charge in [-0.2, -0.15) is 0 Å². The molecule has 1 saturated heterocycles. The van der Waals surface area contributed by atoms with Gasteiger partial charge in [0.05, 0.1) is 12.1 Å². The molecular formula is C13H16BrN3O2S. The first-order chi connectivity index (χ1) is 9.58. The first kappa shape index (κ1) is 15.3. The molecule has 0 aromatic heterocycles. The molecule has 1 aliphatic heterocycles. The Bertz CT molecular complexity index is 518. The number of hydrogen-bond acceptors (Lipinski definition) is 4. The van der Waals surface area contributed by atoms with E-state index in [1.165, 1.54) is 0 Å². The standard InChI is InChI=1S/C13H16BrN3O2S/c14-9-1-2-10(11(20)7-9)13(19)16-8-12(18)17-5-3-15-4-6-17/h1-2,7,15,20H,3-6,8H2,(H,16,19). The fraction of sp³-hybridized carbons (Fsp3) is 0.385. The van der Waals surface area contributed by atoms with E-state index in [9.17, 15) is 9.59 Å². The number of amides is 2. The predicted octanol–water partition coefficient (Wildman–Crippen LogP) is 0.899. The molecule has 1 fully saturated rings. The number of carbonyl (C=O) groups is 2. The Kier molecular flexibility index (Phi) is 5.45. The zero-order valence-corrected chi connectivity index (χ0v) is 13.3. The summed E-state index contributed by atoms with van der Waals surface area (Å²) in [4.78, 5) is 26.3. The Morgan fingerprint density at radius 3 is 2.70 bits per heavy atom. The Morgan fingerprint density at radius 1 is 1.35 bits per heavy atom. The number of benzene rings is 1. The quantitative estimate of drug-likeness (QED) is 0.704. The van der Waals surface area contributed by atoms with E-state index in [2.05, 4.69) is 39.2 Å². The number of rotatable bonds is 3. The monoisotopic (exact) mass is 357 g/mol. The van der Waals surface area contributed by atoms with Gasteiger partial charge in [-0.1, -0.05) is 15.9 Å². The third-order valence-electron chi connectivity index (χ3n) is 3.07. The van der Waals surface area contributed by atoms with Gasteiger partial charge >= 0.3 is 0 Å². The minimum Gasteiger partial charge on any atom is -0.343 e. The number of nitrogens with zero attached hydrogens (tertiary/aromatic N) is 1. The summed E-state index contributed by atoms with van der Waals surface area (Å²) in [6, 6.07) is 5.19. The van der Waals surface area contributed by atoms with Crippen molar-refractivity contribution in [1.82, 2.24) is 15.5 Å². The molecule has 0 saturated carbocycles. The van der Waals surface area contributed by atoms with Gasteiger partial charge in [0.15, 0.2) is 0 Å². The summed E-state index contributed by atoms with van der Waals surface area (Å²) in [6.45, 7) is 2.98. The highest BCUT2D eigenvalue weighted by Crippen LogP contribution is 2.19. The highest BCUT2D eigenvalue weighted by atomic mass is 79.9. The third-order valence-corrected chi connectivity index (χ3v) is 3.94. The molecule has 0 spiro atoms. The molecule has 2 N–H and O–H groups in total. The zero-order valence-electron chi connectivity index (χ0n) is 10.9. The average molecular weight is 358 g/mol. The molecule has 20 heavy (non-hydrogen) atoms. The van der Waals surface area contributed by atoms with Crippen LogP contribution in [0.5, 0.6) is 0 Å². The number of thiol groups is 1. The lowest BCUT2D eigenvalue weighted by molar-refractivity contribution is -0.130. The highest BCUT2D eigenvalue weighted by Gasteiger charge is 2.17. The Labute approximate surface area is 131 Å². The maximum absolute atomic E-state index is 12.0. The van der Waals surface area contributed by atoms with Gasteiger partial charge in [0, 0.05) is 35.5 Å². The molecule has 108 valence electrons. The Morgan fingerprint density at radius 2 is 2.05 bits per heavy atom. The number of piperazine rings is 1. The minimum absolute atomic E-state index is 0.0160. The molecular weight excluding hydrogens is 342 g/mol. The topological polar surface area (TPSA) is 61.4 Å². The molecule has 2 rings (SSSR count). The van der Waals surface area contributed by atoms with E-state index in [0.717, 1.165) is 17.6 Å². The van der Waals surface area contributed by atoms with Crippen molar-refractivity contribution in [3.05, 3.63) is 28.2 Å². The normalized spacial score (nSPS) is 15.0. The van der Waals surface area contributed by atoms with Gasteiger partial charge < -0.3 is 15.5 Å². The van der Waals surface area contributed by atoms with Gasteiger partial charge in [-0.15, -0.1) is 12.6 Å². The van der Waals surface area contributed by atoms with Crippen LogP contribution in [0.4, 0.5) is 0 Å². The second-order valence-electron chi connectivity index (χ2n) is 4.47. The van der Waals surface area contributed by atoms with E-state index in [0.29, 0.717) is 23.5 Å². The van der Waals surface area contributed by atoms with Gasteiger partial charge in [-0.25, -0.2) is 0 Å². The van der Waals surface area contributed by atoms with Crippen molar-refractivity contribution in [2.24, 2.45) is 0 Å². The van der Waals surface area contributed by atoms with Crippen LogP contribution in [0.15, 0.2) is 27.6 Å². The smallest absolute Gasteiger partial charge is 0.252 e. The van der Waals surface area contributed by atoms with Crippen molar-refractivity contribution in [2.45, 2.75) is 4.90 Å². The second-order valence-corrected chi connectivity index (χ2v) is 5.87. The fourth-order valence-corrected chi connectivity index (χ4v) is 2.83. The summed E-state index contributed by atoms with van der Waals surface area (Å²) in [5.41, 5.74) is 0.463. The summed E-state index contributed by atoms with van der Waals surface area (Å²) in [7, 11) is 0. The first-order valence-electron chi connectivity index (χ1n) is 6.33. The number of halogens is 1. The summed E-state index contributed by atoms with van der Waals surface area (Å²) in [5.74, 6) is -0.344. The Balaban J connectivity index is 1.89. The summed E-state index contributed by atoms with van der Waals surface area (Å²) < 4.78 is 0.857. The molecule has 0 aliphatic carbocycles. The van der Waals surface area contributed by atoms with E-state index < -0.39 is 0 Å². The third kappa shape index (κ3) is 3.97. The summed E-state index contributed by atoms with van der Waals surface area (Å²) >= 11 is 7.57. The van der Waals surface area contributed by atoms with Gasteiger partial charge in [0.25, 0.3) is 5.91 Å². The molecule has 1 aromatic rings. The molecule has 0 unspecified atom stereocenters. The molecule has 7 heteroatoms. The highest BCUT2D eigenvalue weighted by molar-refractivity contribution is 9.10. The van der Waals surface area contributed by atoms with Gasteiger partial charge in [0.2, 0.25) is 5.91 Å². The van der Waals surface area contributed by atoms with Crippen LogP contribution in [0.1, 0.15) is 10.4 Å². The second kappa shape index (κ2) is 7.10. The molecule has 0 atom stereocenters. The van der Waals surface area contributed by atoms with Crippen molar-refractivity contribution >= 4 is 40.4 Å². The molecule has 1 heterocycles. The van der Waals surface area contributed by atoms with E-state index >= 15 is 0 Å². The van der Waals surface area contributed by atoms with Crippen LogP contribution in [0, 0.1) is 0 Å². The molecule has 0 bridgehead atoms. The van der Waals surface area contributed by atoms with Crippen LogP contribution in [-0.4, -0.2) is 49.4 Å². The van der Waals surface area contributed by atoms with Crippen LogP contribution >= 0.6 is 28.6 Å². The van der Waals surface area contributed by atoms with E-state index in [1.807, 2.05) is 0 Å². The first-order valence-corrected chi connectivity index (χ1v) is 7.57. The van der Waals surface area contributed by atoms with E-state index in [1.54, 1.807) is 23.1 Å². The molecule has 5 nitrogen and oxygen atoms in total. The van der Waals surface area contributed by atoms with E-state index in [4.69, 9.17) is 0 Å². The van der Waals surface area contributed by atoms with Gasteiger partial charge in [-0.05, 0) is 18.2 Å². The molecule has 2 amide bonds. The largest absolute Gasteiger partial charge is 0.343 e. The van der Waals surface area contributed by atoms with Crippen LogP contribution in [-0.2, 0) is 4.79 Å². The van der Waals surface area contributed by atoms with Crippen molar-refractivity contribution in [3.8, 4) is 0 Å². The number of hydrogen-bond donors (Lipinski definition) is 3. The number of carbonyl (C=O) groups excluding carboxylic acids is 2. The molecule has 0 radical (unpaired) electrons. The molecule has 1 aromatic carbocycles. The summed E-state index contributed by atoms with van der Waals surface area (Å²) in [6.07, 6.45) is 0. The van der Waals surface area contributed by atoms with Crippen LogP contribution in [0.25, 0.3) is 0 Å². The zero-order chi connectivity index (χ0) is 14.5. The van der Waals surface area contributed by atoms with Gasteiger partial charge in [-0.3, -0.25) is 9.59 Å². The predicted molar refractivity (Wildman–Crippen MR) is 83.2 cm³/mol.